The lowest BCUT2D eigenvalue weighted by Crippen LogP contribution is -2.21. The summed E-state index contributed by atoms with van der Waals surface area (Å²) in [5, 5.41) is 0. The molecule has 0 bridgehead atoms. The molecule has 2 heteroatoms. The third kappa shape index (κ3) is 3.33. The van der Waals surface area contributed by atoms with Crippen molar-refractivity contribution in [3.05, 3.63) is 35.4 Å². The maximum Gasteiger partial charge on any atom is 0.0465 e. The van der Waals surface area contributed by atoms with Crippen molar-refractivity contribution < 1.29 is 4.74 Å². The summed E-state index contributed by atoms with van der Waals surface area (Å²) in [5.41, 5.74) is 8.75. The second kappa shape index (κ2) is 5.89. The van der Waals surface area contributed by atoms with Crippen LogP contribution in [0.5, 0.6) is 0 Å². The minimum absolute atomic E-state index is 0.112. The lowest BCUT2D eigenvalue weighted by Gasteiger charge is -2.21. The molecule has 0 heterocycles. The van der Waals surface area contributed by atoms with Crippen LogP contribution in [-0.2, 0) is 4.74 Å². The average molecular weight is 207 g/mol. The summed E-state index contributed by atoms with van der Waals surface area (Å²) in [6.45, 7) is 5.06. The summed E-state index contributed by atoms with van der Waals surface area (Å²) in [7, 11) is 1.73. The van der Waals surface area contributed by atoms with Gasteiger partial charge in [-0.2, -0.15) is 0 Å². The average Bonchev–Trinajstić information content (AvgIpc) is 2.25. The molecule has 0 aliphatic rings. The molecular formula is C13H21NO. The van der Waals surface area contributed by atoms with Crippen molar-refractivity contribution in [2.45, 2.75) is 26.3 Å². The zero-order valence-corrected chi connectivity index (χ0v) is 9.86. The van der Waals surface area contributed by atoms with Gasteiger partial charge in [0.05, 0.1) is 0 Å². The van der Waals surface area contributed by atoms with Gasteiger partial charge in [-0.15, -0.1) is 0 Å². The first-order chi connectivity index (χ1) is 7.16. The Hall–Kier alpha value is -0.860. The number of aryl methyl sites for hydroxylation is 1. The van der Waals surface area contributed by atoms with E-state index in [1.807, 2.05) is 12.1 Å². The molecule has 0 aliphatic carbocycles. The van der Waals surface area contributed by atoms with E-state index in [0.717, 1.165) is 13.0 Å². The Labute approximate surface area is 92.4 Å². The highest BCUT2D eigenvalue weighted by Gasteiger charge is 2.15. The highest BCUT2D eigenvalue weighted by molar-refractivity contribution is 5.28. The van der Waals surface area contributed by atoms with Gasteiger partial charge in [0.1, 0.15) is 0 Å². The number of rotatable bonds is 5. The van der Waals surface area contributed by atoms with E-state index in [2.05, 4.69) is 26.0 Å². The van der Waals surface area contributed by atoms with Gasteiger partial charge in [-0.1, -0.05) is 31.2 Å². The van der Waals surface area contributed by atoms with Crippen LogP contribution in [-0.4, -0.2) is 13.7 Å². The SMILES string of the molecule is COCCC(C)C(N)c1ccccc1C. The van der Waals surface area contributed by atoms with Crippen molar-refractivity contribution >= 4 is 0 Å². The number of hydrogen-bond acceptors (Lipinski definition) is 2. The lowest BCUT2D eigenvalue weighted by molar-refractivity contribution is 0.174. The van der Waals surface area contributed by atoms with E-state index in [0.29, 0.717) is 5.92 Å². The second-order valence-corrected chi connectivity index (χ2v) is 4.14. The van der Waals surface area contributed by atoms with E-state index in [-0.39, 0.29) is 6.04 Å². The Kier molecular flexibility index (Phi) is 4.79. The minimum Gasteiger partial charge on any atom is -0.385 e. The molecule has 0 radical (unpaired) electrons. The van der Waals surface area contributed by atoms with Gasteiger partial charge in [0.15, 0.2) is 0 Å². The standard InChI is InChI=1S/C13H21NO/c1-10-6-4-5-7-12(10)13(14)11(2)8-9-15-3/h4-7,11,13H,8-9,14H2,1-3H3. The first-order valence-electron chi connectivity index (χ1n) is 5.47. The maximum absolute atomic E-state index is 6.22. The largest absolute Gasteiger partial charge is 0.385 e. The monoisotopic (exact) mass is 207 g/mol. The van der Waals surface area contributed by atoms with E-state index in [9.17, 15) is 0 Å². The van der Waals surface area contributed by atoms with Crippen LogP contribution in [0, 0.1) is 12.8 Å². The minimum atomic E-state index is 0.112. The predicted molar refractivity (Wildman–Crippen MR) is 63.8 cm³/mol. The molecule has 0 aromatic heterocycles. The molecule has 2 unspecified atom stereocenters. The first-order valence-corrected chi connectivity index (χ1v) is 5.47. The van der Waals surface area contributed by atoms with Crippen LogP contribution in [0.3, 0.4) is 0 Å². The molecule has 0 saturated heterocycles. The van der Waals surface area contributed by atoms with Gasteiger partial charge >= 0.3 is 0 Å². The molecule has 1 aromatic rings. The van der Waals surface area contributed by atoms with Crippen LogP contribution in [0.15, 0.2) is 24.3 Å². The summed E-state index contributed by atoms with van der Waals surface area (Å²) in [5.74, 6) is 0.450. The summed E-state index contributed by atoms with van der Waals surface area (Å²) < 4.78 is 5.07. The molecule has 0 amide bonds. The molecule has 2 atom stereocenters. The van der Waals surface area contributed by atoms with Crippen molar-refractivity contribution in [1.82, 2.24) is 0 Å². The Morgan fingerprint density at radius 2 is 2.00 bits per heavy atom. The molecule has 0 spiro atoms. The molecule has 15 heavy (non-hydrogen) atoms. The molecule has 1 rings (SSSR count). The van der Waals surface area contributed by atoms with E-state index in [1.54, 1.807) is 7.11 Å². The highest BCUT2D eigenvalue weighted by atomic mass is 16.5. The number of nitrogens with two attached hydrogens (primary N) is 1. The quantitative estimate of drug-likeness (QED) is 0.805. The molecular weight excluding hydrogens is 186 g/mol. The van der Waals surface area contributed by atoms with Gasteiger partial charge in [0, 0.05) is 19.8 Å². The van der Waals surface area contributed by atoms with E-state index < -0.39 is 0 Å². The van der Waals surface area contributed by atoms with Gasteiger partial charge in [0.2, 0.25) is 0 Å². The van der Waals surface area contributed by atoms with Crippen LogP contribution in [0.4, 0.5) is 0 Å². The summed E-state index contributed by atoms with van der Waals surface area (Å²) in [4.78, 5) is 0. The Morgan fingerprint density at radius 3 is 2.60 bits per heavy atom. The normalized spacial score (nSPS) is 14.9. The van der Waals surface area contributed by atoms with E-state index in [4.69, 9.17) is 10.5 Å². The van der Waals surface area contributed by atoms with Crippen molar-refractivity contribution in [2.75, 3.05) is 13.7 Å². The third-order valence-electron chi connectivity index (χ3n) is 2.94. The van der Waals surface area contributed by atoms with Crippen LogP contribution >= 0.6 is 0 Å². The zero-order chi connectivity index (χ0) is 11.3. The van der Waals surface area contributed by atoms with Gasteiger partial charge in [-0.05, 0) is 30.4 Å². The summed E-state index contributed by atoms with van der Waals surface area (Å²) in [6.07, 6.45) is 1.01. The van der Waals surface area contributed by atoms with Gasteiger partial charge in [-0.3, -0.25) is 0 Å². The van der Waals surface area contributed by atoms with Crippen molar-refractivity contribution in [1.29, 1.82) is 0 Å². The third-order valence-corrected chi connectivity index (χ3v) is 2.94. The van der Waals surface area contributed by atoms with Gasteiger partial charge < -0.3 is 10.5 Å². The van der Waals surface area contributed by atoms with Crippen LogP contribution in [0.1, 0.15) is 30.5 Å². The number of ether oxygens (including phenoxy) is 1. The fourth-order valence-electron chi connectivity index (χ4n) is 1.75. The Bertz CT molecular complexity index is 298. The Morgan fingerprint density at radius 1 is 1.33 bits per heavy atom. The Balaban J connectivity index is 2.67. The van der Waals surface area contributed by atoms with Crippen LogP contribution in [0.2, 0.25) is 0 Å². The fourth-order valence-corrected chi connectivity index (χ4v) is 1.75. The van der Waals surface area contributed by atoms with Crippen LogP contribution in [0.25, 0.3) is 0 Å². The lowest BCUT2D eigenvalue weighted by atomic mass is 9.90. The topological polar surface area (TPSA) is 35.2 Å². The van der Waals surface area contributed by atoms with Crippen molar-refractivity contribution in [3.63, 3.8) is 0 Å². The van der Waals surface area contributed by atoms with Crippen molar-refractivity contribution in [3.8, 4) is 0 Å². The number of methoxy groups -OCH3 is 1. The molecule has 1 aromatic carbocycles. The first kappa shape index (κ1) is 12.2. The van der Waals surface area contributed by atoms with Crippen molar-refractivity contribution in [2.24, 2.45) is 11.7 Å². The van der Waals surface area contributed by atoms with Crippen LogP contribution < -0.4 is 5.73 Å². The molecule has 0 fully saturated rings. The predicted octanol–water partition coefficient (Wildman–Crippen LogP) is 2.67. The highest BCUT2D eigenvalue weighted by Crippen LogP contribution is 2.24. The fraction of sp³-hybridized carbons (Fsp3) is 0.538. The zero-order valence-electron chi connectivity index (χ0n) is 9.86. The molecule has 84 valence electrons. The van der Waals surface area contributed by atoms with Gasteiger partial charge in [-0.25, -0.2) is 0 Å². The summed E-state index contributed by atoms with van der Waals surface area (Å²) >= 11 is 0. The van der Waals surface area contributed by atoms with E-state index in [1.165, 1.54) is 11.1 Å². The summed E-state index contributed by atoms with van der Waals surface area (Å²) in [6, 6.07) is 8.43. The molecule has 0 saturated carbocycles. The maximum atomic E-state index is 6.22. The van der Waals surface area contributed by atoms with Gasteiger partial charge in [0.25, 0.3) is 0 Å². The smallest absolute Gasteiger partial charge is 0.0465 e. The van der Waals surface area contributed by atoms with E-state index >= 15 is 0 Å². The molecule has 2 N–H and O–H groups in total. The number of benzene rings is 1. The number of hydrogen-bond donors (Lipinski definition) is 1. The molecule has 2 nitrogen and oxygen atoms in total. The molecule has 0 aliphatic heterocycles. The second-order valence-electron chi connectivity index (χ2n) is 4.14.